The summed E-state index contributed by atoms with van der Waals surface area (Å²) >= 11 is 0. The molecule has 0 aliphatic heterocycles. The monoisotopic (exact) mass is 499 g/mol. The Morgan fingerprint density at radius 2 is 1.81 bits per heavy atom. The van der Waals surface area contributed by atoms with Crippen LogP contribution in [0.2, 0.25) is 0 Å². The van der Waals surface area contributed by atoms with Crippen LogP contribution in [0.25, 0.3) is 0 Å². The van der Waals surface area contributed by atoms with Crippen molar-refractivity contribution in [3.05, 3.63) is 39.8 Å². The van der Waals surface area contributed by atoms with Gasteiger partial charge in [0.2, 0.25) is 5.54 Å². The summed E-state index contributed by atoms with van der Waals surface area (Å²) in [6.45, 7) is 15.8. The standard InChI is InChI=1S/C29H47N4O3/c1-20(2)29(7,22(4)9-10-36-8)33(35)18-21(3)23(5)31-16-25-11-24(15-30)12-26(13-25)17-32-28(6)14-27(28)19-34/h11-13,15-17,20-23,27,30,34H,9-10,14,18-19H2,1-8H3/q+1. The van der Waals surface area contributed by atoms with Crippen molar-refractivity contribution in [3.8, 4) is 0 Å². The number of aliphatic hydroxyl groups excluding tert-OH is 1. The second kappa shape index (κ2) is 12.8. The van der Waals surface area contributed by atoms with Crippen LogP contribution in [0.4, 0.5) is 0 Å². The minimum absolute atomic E-state index is 0.0383. The lowest BCUT2D eigenvalue weighted by Crippen LogP contribution is -2.50. The maximum absolute atomic E-state index is 13.4. The molecule has 1 aliphatic rings. The summed E-state index contributed by atoms with van der Waals surface area (Å²) in [4.78, 5) is 22.8. The molecule has 0 spiro atoms. The molecular weight excluding hydrogens is 452 g/mol. The number of aliphatic imine (C=N–C) groups is 2. The van der Waals surface area contributed by atoms with Gasteiger partial charge in [-0.2, -0.15) is 0 Å². The van der Waals surface area contributed by atoms with Gasteiger partial charge in [-0.05, 0) is 61.6 Å². The van der Waals surface area contributed by atoms with Gasteiger partial charge in [0.05, 0.1) is 11.6 Å². The highest BCUT2D eigenvalue weighted by Gasteiger charge is 2.49. The second-order valence-electron chi connectivity index (χ2n) is 11.4. The summed E-state index contributed by atoms with van der Waals surface area (Å²) in [6.07, 6.45) is 6.73. The Bertz CT molecular complexity index is 960. The van der Waals surface area contributed by atoms with E-state index in [9.17, 15) is 10.0 Å². The van der Waals surface area contributed by atoms with Crippen LogP contribution in [0.15, 0.2) is 28.2 Å². The van der Waals surface area contributed by atoms with Crippen molar-refractivity contribution < 1.29 is 14.6 Å². The van der Waals surface area contributed by atoms with Crippen LogP contribution < -0.4 is 0 Å². The van der Waals surface area contributed by atoms with E-state index < -0.39 is 5.54 Å². The molecule has 1 saturated carbocycles. The van der Waals surface area contributed by atoms with Crippen molar-refractivity contribution >= 4 is 18.6 Å². The fourth-order valence-corrected chi connectivity index (χ4v) is 4.67. The van der Waals surface area contributed by atoms with Crippen LogP contribution in [0.1, 0.15) is 78.0 Å². The number of nitrogens with one attached hydrogen (secondary N) is 1. The Labute approximate surface area is 217 Å². The first-order valence-electron chi connectivity index (χ1n) is 13.2. The summed E-state index contributed by atoms with van der Waals surface area (Å²) in [5.74, 6) is 0.714. The summed E-state index contributed by atoms with van der Waals surface area (Å²) in [5, 5.41) is 17.1. The average molecular weight is 500 g/mol. The Morgan fingerprint density at radius 1 is 1.19 bits per heavy atom. The molecule has 36 heavy (non-hydrogen) atoms. The molecule has 2 N–H and O–H groups in total. The van der Waals surface area contributed by atoms with Crippen LogP contribution in [0.3, 0.4) is 0 Å². The second-order valence-corrected chi connectivity index (χ2v) is 11.4. The molecule has 0 saturated heterocycles. The molecule has 0 radical (unpaired) electrons. The summed E-state index contributed by atoms with van der Waals surface area (Å²) in [5.41, 5.74) is 1.92. The van der Waals surface area contributed by atoms with Gasteiger partial charge < -0.3 is 15.3 Å². The Morgan fingerprint density at radius 3 is 2.33 bits per heavy atom. The molecule has 1 aromatic rings. The number of hydrogen-bond acceptors (Lipinski definition) is 6. The summed E-state index contributed by atoms with van der Waals surface area (Å²) in [7, 11) is 1.70. The molecule has 1 aromatic carbocycles. The molecule has 0 aromatic heterocycles. The van der Waals surface area contributed by atoms with Crippen molar-refractivity contribution in [1.82, 2.24) is 0 Å². The number of nitroso groups, excluding NO2 is 1. The third-order valence-electron chi connectivity index (χ3n) is 8.47. The minimum Gasteiger partial charge on any atom is -0.396 e. The van der Waals surface area contributed by atoms with Gasteiger partial charge in [0.25, 0.3) is 0 Å². The molecule has 200 valence electrons. The molecule has 2 rings (SSSR count). The Balaban J connectivity index is 2.11. The van der Waals surface area contributed by atoms with Gasteiger partial charge in [-0.3, -0.25) is 9.98 Å². The van der Waals surface area contributed by atoms with Crippen LogP contribution >= 0.6 is 0 Å². The Kier molecular flexibility index (Phi) is 10.7. The zero-order valence-corrected chi connectivity index (χ0v) is 23.5. The minimum atomic E-state index is -0.476. The van der Waals surface area contributed by atoms with Gasteiger partial charge in [-0.25, -0.2) is 0 Å². The average Bonchev–Trinajstić information content (AvgIpc) is 3.53. The van der Waals surface area contributed by atoms with Crippen molar-refractivity contribution in [2.45, 2.75) is 78.4 Å². The molecule has 7 heteroatoms. The van der Waals surface area contributed by atoms with E-state index >= 15 is 0 Å². The molecule has 1 aliphatic carbocycles. The van der Waals surface area contributed by atoms with E-state index in [0.29, 0.717) is 13.2 Å². The first kappa shape index (κ1) is 30.0. The van der Waals surface area contributed by atoms with Crippen LogP contribution in [0, 0.1) is 34.0 Å². The number of hydrogen-bond donors (Lipinski definition) is 2. The highest BCUT2D eigenvalue weighted by atomic mass is 16.5. The lowest BCUT2D eigenvalue weighted by Gasteiger charge is -2.32. The van der Waals surface area contributed by atoms with Gasteiger partial charge in [0.1, 0.15) is 0 Å². The molecule has 1 fully saturated rings. The van der Waals surface area contributed by atoms with Gasteiger partial charge in [0, 0.05) is 79.2 Å². The SMILES string of the molecule is COCCC(C)C(C)(C(C)C)[N+](=O)CC(C)C(C)N=Cc1cc(C=N)cc(C=NC2(C)CC2CO)c1. The molecule has 6 atom stereocenters. The van der Waals surface area contributed by atoms with Gasteiger partial charge in [-0.1, -0.05) is 27.7 Å². The predicted octanol–water partition coefficient (Wildman–Crippen LogP) is 5.18. The zero-order valence-electron chi connectivity index (χ0n) is 23.5. The van der Waals surface area contributed by atoms with Gasteiger partial charge in [0.15, 0.2) is 6.54 Å². The van der Waals surface area contributed by atoms with Crippen molar-refractivity contribution in [2.24, 2.45) is 33.7 Å². The number of aliphatic hydroxyl groups is 1. The normalized spacial score (nSPS) is 24.1. The predicted molar refractivity (Wildman–Crippen MR) is 149 cm³/mol. The first-order valence-corrected chi connectivity index (χ1v) is 13.2. The van der Waals surface area contributed by atoms with Gasteiger partial charge in [-0.15, -0.1) is 0 Å². The van der Waals surface area contributed by atoms with Gasteiger partial charge >= 0.3 is 0 Å². The van der Waals surface area contributed by atoms with E-state index in [4.69, 9.17) is 15.1 Å². The van der Waals surface area contributed by atoms with Crippen molar-refractivity contribution in [2.75, 3.05) is 26.9 Å². The van der Waals surface area contributed by atoms with E-state index in [1.54, 1.807) is 7.11 Å². The Hall–Kier alpha value is -2.25. The van der Waals surface area contributed by atoms with E-state index in [1.807, 2.05) is 37.6 Å². The summed E-state index contributed by atoms with van der Waals surface area (Å²) < 4.78 is 6.53. The highest BCUT2D eigenvalue weighted by Crippen LogP contribution is 2.46. The molecule has 0 amide bonds. The van der Waals surface area contributed by atoms with Crippen LogP contribution in [0.5, 0.6) is 0 Å². The molecule has 7 nitrogen and oxygen atoms in total. The van der Waals surface area contributed by atoms with Crippen LogP contribution in [-0.4, -0.2) is 72.5 Å². The molecule has 6 unspecified atom stereocenters. The third-order valence-corrected chi connectivity index (χ3v) is 8.47. The molecular formula is C29H47N4O3+. The van der Waals surface area contributed by atoms with Crippen molar-refractivity contribution in [3.63, 3.8) is 0 Å². The van der Waals surface area contributed by atoms with Crippen LogP contribution in [-0.2, 0) is 4.74 Å². The molecule has 0 heterocycles. The maximum atomic E-state index is 13.4. The quantitative estimate of drug-likeness (QED) is 0.257. The van der Waals surface area contributed by atoms with E-state index in [2.05, 4.69) is 46.5 Å². The number of ether oxygens (including phenoxy) is 1. The smallest absolute Gasteiger partial charge is 0.212 e. The van der Waals surface area contributed by atoms with E-state index in [-0.39, 0.29) is 41.9 Å². The van der Waals surface area contributed by atoms with E-state index in [0.717, 1.165) is 29.5 Å². The maximum Gasteiger partial charge on any atom is 0.212 e. The lowest BCUT2D eigenvalue weighted by molar-refractivity contribution is -0.646. The fourth-order valence-electron chi connectivity index (χ4n) is 4.67. The number of nitrogens with zero attached hydrogens (tertiary/aromatic N) is 3. The summed E-state index contributed by atoms with van der Waals surface area (Å²) in [6, 6.07) is 5.81. The zero-order chi connectivity index (χ0) is 27.1. The number of benzene rings is 1. The third kappa shape index (κ3) is 7.39. The first-order chi connectivity index (χ1) is 16.9. The van der Waals surface area contributed by atoms with E-state index in [1.165, 1.54) is 11.0 Å². The highest BCUT2D eigenvalue weighted by molar-refractivity contribution is 5.91. The largest absolute Gasteiger partial charge is 0.396 e. The fraction of sp³-hybridized carbons (Fsp3) is 0.690. The number of methoxy groups -OCH3 is 1. The number of rotatable bonds is 15. The lowest BCUT2D eigenvalue weighted by atomic mass is 9.75. The van der Waals surface area contributed by atoms with Crippen molar-refractivity contribution in [1.29, 1.82) is 5.41 Å². The topological polar surface area (TPSA) is 98.1 Å². The molecule has 0 bridgehead atoms.